The lowest BCUT2D eigenvalue weighted by molar-refractivity contribution is 0.0955. The van der Waals surface area contributed by atoms with Gasteiger partial charge in [-0.2, -0.15) is 5.10 Å². The first-order valence-corrected chi connectivity index (χ1v) is 6.52. The summed E-state index contributed by atoms with van der Waals surface area (Å²) in [6.45, 7) is 1.85. The molecule has 104 valence electrons. The molecule has 0 saturated carbocycles. The maximum Gasteiger partial charge on any atom is 0.260 e. The Kier molecular flexibility index (Phi) is 2.93. The van der Waals surface area contributed by atoms with Crippen LogP contribution in [0, 0.1) is 6.92 Å². The third kappa shape index (κ3) is 2.03. The average Bonchev–Trinajstić information content (AvgIpc) is 2.94. The number of hydrogen-bond donors (Lipinski definition) is 1. The second-order valence-corrected chi connectivity index (χ2v) is 4.97. The van der Waals surface area contributed by atoms with E-state index in [1.54, 1.807) is 17.8 Å². The summed E-state index contributed by atoms with van der Waals surface area (Å²) in [5.41, 5.74) is 1.56. The summed E-state index contributed by atoms with van der Waals surface area (Å²) in [5.74, 6) is 0.845. The molecule has 0 spiro atoms. The standard InChI is InChI=1S/C14H15N3O3/c1-8-6-12(17(2)16-8)15-14(19)9-7-20-11-5-3-4-10(18)13(9)11/h6-7H,3-5H2,1-2H3,(H,15,19). The molecule has 0 fully saturated rings. The lowest BCUT2D eigenvalue weighted by atomic mass is 9.94. The number of amides is 1. The molecule has 0 unspecified atom stereocenters. The van der Waals surface area contributed by atoms with E-state index < -0.39 is 0 Å². The second kappa shape index (κ2) is 4.63. The molecule has 1 amide bonds. The van der Waals surface area contributed by atoms with E-state index in [2.05, 4.69) is 10.4 Å². The van der Waals surface area contributed by atoms with Gasteiger partial charge in [-0.25, -0.2) is 0 Å². The molecule has 1 aliphatic rings. The van der Waals surface area contributed by atoms with E-state index in [0.717, 1.165) is 12.1 Å². The molecule has 2 heterocycles. The molecule has 20 heavy (non-hydrogen) atoms. The minimum Gasteiger partial charge on any atom is -0.468 e. The number of anilines is 1. The number of carbonyl (C=O) groups excluding carboxylic acids is 2. The Hall–Kier alpha value is -2.37. The number of rotatable bonds is 2. The fourth-order valence-electron chi connectivity index (χ4n) is 2.50. The maximum atomic E-state index is 12.3. The summed E-state index contributed by atoms with van der Waals surface area (Å²) in [7, 11) is 1.75. The summed E-state index contributed by atoms with van der Waals surface area (Å²) in [5, 5.41) is 6.91. The largest absolute Gasteiger partial charge is 0.468 e. The number of nitrogens with zero attached hydrogens (tertiary/aromatic N) is 2. The lowest BCUT2D eigenvalue weighted by Gasteiger charge is -2.10. The number of nitrogens with one attached hydrogen (secondary N) is 1. The van der Waals surface area contributed by atoms with Gasteiger partial charge in [0.15, 0.2) is 5.78 Å². The monoisotopic (exact) mass is 273 g/mol. The zero-order valence-corrected chi connectivity index (χ0v) is 11.4. The summed E-state index contributed by atoms with van der Waals surface area (Å²) in [6.07, 6.45) is 3.32. The molecule has 2 aromatic rings. The molecule has 0 aromatic carbocycles. The number of furan rings is 1. The Labute approximate surface area is 115 Å². The molecular formula is C14H15N3O3. The number of ketones is 1. The zero-order valence-electron chi connectivity index (χ0n) is 11.4. The van der Waals surface area contributed by atoms with E-state index in [1.165, 1.54) is 6.26 Å². The van der Waals surface area contributed by atoms with Crippen LogP contribution in [0.1, 0.15) is 45.0 Å². The van der Waals surface area contributed by atoms with Crippen molar-refractivity contribution in [1.82, 2.24) is 9.78 Å². The third-order valence-corrected chi connectivity index (χ3v) is 3.44. The molecule has 0 aliphatic heterocycles. The lowest BCUT2D eigenvalue weighted by Crippen LogP contribution is -2.19. The zero-order chi connectivity index (χ0) is 14.3. The van der Waals surface area contributed by atoms with Crippen LogP contribution in [-0.4, -0.2) is 21.5 Å². The molecule has 0 saturated heterocycles. The van der Waals surface area contributed by atoms with Gasteiger partial charge in [0.2, 0.25) is 0 Å². The van der Waals surface area contributed by atoms with E-state index in [9.17, 15) is 9.59 Å². The van der Waals surface area contributed by atoms with Crippen molar-refractivity contribution in [2.75, 3.05) is 5.32 Å². The number of Topliss-reactive ketones (excluding diaryl/α,β-unsaturated/α-hetero) is 1. The molecule has 1 N–H and O–H groups in total. The number of aromatic nitrogens is 2. The first-order valence-electron chi connectivity index (χ1n) is 6.52. The van der Waals surface area contributed by atoms with Crippen LogP contribution in [-0.2, 0) is 13.5 Å². The highest BCUT2D eigenvalue weighted by Gasteiger charge is 2.28. The van der Waals surface area contributed by atoms with Crippen LogP contribution in [0.3, 0.4) is 0 Å². The molecule has 0 radical (unpaired) electrons. The van der Waals surface area contributed by atoms with Crippen LogP contribution in [0.2, 0.25) is 0 Å². The number of carbonyl (C=O) groups is 2. The van der Waals surface area contributed by atoms with Crippen molar-refractivity contribution in [3.8, 4) is 0 Å². The van der Waals surface area contributed by atoms with Crippen molar-refractivity contribution in [3.05, 3.63) is 34.9 Å². The number of fused-ring (bicyclic) bond motifs is 1. The van der Waals surface area contributed by atoms with Crippen LogP contribution in [0.5, 0.6) is 0 Å². The SMILES string of the molecule is Cc1cc(NC(=O)c2coc3c2C(=O)CCC3)n(C)n1. The van der Waals surface area contributed by atoms with Gasteiger partial charge in [-0.1, -0.05) is 0 Å². The average molecular weight is 273 g/mol. The van der Waals surface area contributed by atoms with Gasteiger partial charge in [-0.05, 0) is 13.3 Å². The highest BCUT2D eigenvalue weighted by molar-refractivity contribution is 6.13. The first-order chi connectivity index (χ1) is 9.56. The van der Waals surface area contributed by atoms with Crippen LogP contribution in [0.15, 0.2) is 16.7 Å². The predicted molar refractivity (Wildman–Crippen MR) is 71.9 cm³/mol. The van der Waals surface area contributed by atoms with E-state index in [0.29, 0.717) is 35.5 Å². The van der Waals surface area contributed by atoms with E-state index >= 15 is 0 Å². The van der Waals surface area contributed by atoms with Gasteiger partial charge < -0.3 is 9.73 Å². The molecule has 6 heteroatoms. The van der Waals surface area contributed by atoms with Gasteiger partial charge in [0.1, 0.15) is 17.8 Å². The minimum absolute atomic E-state index is 0.0219. The van der Waals surface area contributed by atoms with Crippen molar-refractivity contribution in [2.45, 2.75) is 26.2 Å². The molecule has 6 nitrogen and oxygen atoms in total. The van der Waals surface area contributed by atoms with Gasteiger partial charge >= 0.3 is 0 Å². The molecular weight excluding hydrogens is 258 g/mol. The number of aryl methyl sites for hydroxylation is 3. The molecule has 2 aromatic heterocycles. The van der Waals surface area contributed by atoms with Gasteiger partial charge in [0, 0.05) is 26.0 Å². The van der Waals surface area contributed by atoms with Crippen LogP contribution < -0.4 is 5.32 Å². The normalized spacial score (nSPS) is 14.2. The van der Waals surface area contributed by atoms with Gasteiger partial charge in [-0.3, -0.25) is 14.3 Å². The maximum absolute atomic E-state index is 12.3. The fraction of sp³-hybridized carbons (Fsp3) is 0.357. The van der Waals surface area contributed by atoms with Crippen LogP contribution in [0.4, 0.5) is 5.82 Å². The summed E-state index contributed by atoms with van der Waals surface area (Å²) in [6, 6.07) is 1.77. The van der Waals surface area contributed by atoms with Crippen molar-refractivity contribution in [1.29, 1.82) is 0 Å². The van der Waals surface area contributed by atoms with E-state index in [1.807, 2.05) is 6.92 Å². The summed E-state index contributed by atoms with van der Waals surface area (Å²) in [4.78, 5) is 24.2. The van der Waals surface area contributed by atoms with Gasteiger partial charge in [0.25, 0.3) is 5.91 Å². The smallest absolute Gasteiger partial charge is 0.260 e. The Bertz CT molecular complexity index is 697. The number of hydrogen-bond acceptors (Lipinski definition) is 4. The second-order valence-electron chi connectivity index (χ2n) is 4.97. The topological polar surface area (TPSA) is 77.1 Å². The van der Waals surface area contributed by atoms with E-state index in [4.69, 9.17) is 4.42 Å². The Morgan fingerprint density at radius 3 is 2.95 bits per heavy atom. The van der Waals surface area contributed by atoms with Crippen molar-refractivity contribution in [2.24, 2.45) is 7.05 Å². The van der Waals surface area contributed by atoms with E-state index in [-0.39, 0.29) is 11.7 Å². The third-order valence-electron chi connectivity index (χ3n) is 3.44. The molecule has 0 bridgehead atoms. The Balaban J connectivity index is 1.90. The van der Waals surface area contributed by atoms with Crippen LogP contribution >= 0.6 is 0 Å². The van der Waals surface area contributed by atoms with Crippen molar-refractivity contribution < 1.29 is 14.0 Å². The van der Waals surface area contributed by atoms with Crippen LogP contribution in [0.25, 0.3) is 0 Å². The van der Waals surface area contributed by atoms with Crippen molar-refractivity contribution in [3.63, 3.8) is 0 Å². The quantitative estimate of drug-likeness (QED) is 0.908. The Morgan fingerprint density at radius 1 is 1.45 bits per heavy atom. The fourth-order valence-corrected chi connectivity index (χ4v) is 2.50. The summed E-state index contributed by atoms with van der Waals surface area (Å²) >= 11 is 0. The molecule has 0 atom stereocenters. The van der Waals surface area contributed by atoms with Crippen molar-refractivity contribution >= 4 is 17.5 Å². The minimum atomic E-state index is -0.340. The van der Waals surface area contributed by atoms with Gasteiger partial charge in [0.05, 0.1) is 16.8 Å². The Morgan fingerprint density at radius 2 is 2.25 bits per heavy atom. The molecule has 1 aliphatic carbocycles. The first kappa shape index (κ1) is 12.7. The summed E-state index contributed by atoms with van der Waals surface area (Å²) < 4.78 is 6.93. The van der Waals surface area contributed by atoms with Gasteiger partial charge in [-0.15, -0.1) is 0 Å². The highest BCUT2D eigenvalue weighted by Crippen LogP contribution is 2.27. The molecule has 3 rings (SSSR count). The predicted octanol–water partition coefficient (Wildman–Crippen LogP) is 2.09. The highest BCUT2D eigenvalue weighted by atomic mass is 16.3.